The lowest BCUT2D eigenvalue weighted by atomic mass is 10.1. The Morgan fingerprint density at radius 2 is 2.21 bits per heavy atom. The monoisotopic (exact) mass is 196 g/mol. The lowest BCUT2D eigenvalue weighted by Gasteiger charge is -2.30. The van der Waals surface area contributed by atoms with Crippen molar-refractivity contribution in [2.24, 2.45) is 11.3 Å². The summed E-state index contributed by atoms with van der Waals surface area (Å²) in [6, 6.07) is 0. The molecule has 0 bridgehead atoms. The van der Waals surface area contributed by atoms with Gasteiger partial charge in [-0.05, 0) is 50.2 Å². The zero-order valence-electron chi connectivity index (χ0n) is 9.68. The smallest absolute Gasteiger partial charge is 0.00355 e. The van der Waals surface area contributed by atoms with Gasteiger partial charge in [0.2, 0.25) is 0 Å². The molecule has 1 atom stereocenters. The Labute approximate surface area is 88.1 Å². The van der Waals surface area contributed by atoms with Crippen LogP contribution in [0.4, 0.5) is 0 Å². The van der Waals surface area contributed by atoms with Crippen LogP contribution in [-0.4, -0.2) is 37.6 Å². The topological polar surface area (TPSA) is 15.3 Å². The number of nitrogens with one attached hydrogen (secondary N) is 1. The summed E-state index contributed by atoms with van der Waals surface area (Å²) in [4.78, 5) is 2.69. The molecule has 14 heavy (non-hydrogen) atoms. The van der Waals surface area contributed by atoms with Crippen molar-refractivity contribution in [2.75, 3.05) is 32.7 Å². The van der Waals surface area contributed by atoms with Crippen molar-refractivity contribution < 1.29 is 0 Å². The van der Waals surface area contributed by atoms with Crippen LogP contribution in [0.2, 0.25) is 0 Å². The Morgan fingerprint density at radius 1 is 1.43 bits per heavy atom. The van der Waals surface area contributed by atoms with Crippen LogP contribution in [0.1, 0.15) is 33.1 Å². The molecule has 82 valence electrons. The third-order valence-corrected chi connectivity index (χ3v) is 3.60. The Bertz CT molecular complexity index is 187. The molecule has 0 amide bonds. The Morgan fingerprint density at radius 3 is 2.93 bits per heavy atom. The second-order valence-corrected chi connectivity index (χ2v) is 5.71. The maximum Gasteiger partial charge on any atom is 0.00355 e. The van der Waals surface area contributed by atoms with Gasteiger partial charge in [-0.15, -0.1) is 0 Å². The molecule has 1 saturated carbocycles. The minimum absolute atomic E-state index is 0.687. The predicted molar refractivity (Wildman–Crippen MR) is 60.4 cm³/mol. The lowest BCUT2D eigenvalue weighted by Crippen LogP contribution is -2.40. The van der Waals surface area contributed by atoms with Gasteiger partial charge in [-0.1, -0.05) is 13.8 Å². The van der Waals surface area contributed by atoms with Crippen LogP contribution >= 0.6 is 0 Å². The molecule has 2 rings (SSSR count). The maximum atomic E-state index is 3.51. The van der Waals surface area contributed by atoms with Crippen LogP contribution in [0.3, 0.4) is 0 Å². The summed E-state index contributed by atoms with van der Waals surface area (Å²) in [5.41, 5.74) is 0.687. The van der Waals surface area contributed by atoms with Crippen molar-refractivity contribution in [1.82, 2.24) is 10.2 Å². The van der Waals surface area contributed by atoms with Gasteiger partial charge in [-0.2, -0.15) is 0 Å². The molecule has 1 N–H and O–H groups in total. The zero-order chi connectivity index (χ0) is 10.0. The van der Waals surface area contributed by atoms with E-state index in [1.165, 1.54) is 52.0 Å². The summed E-state index contributed by atoms with van der Waals surface area (Å²) >= 11 is 0. The van der Waals surface area contributed by atoms with Gasteiger partial charge >= 0.3 is 0 Å². The number of nitrogens with zero attached hydrogens (tertiary/aromatic N) is 1. The summed E-state index contributed by atoms with van der Waals surface area (Å²) < 4.78 is 0. The third kappa shape index (κ3) is 2.96. The average molecular weight is 196 g/mol. The molecule has 0 spiro atoms. The van der Waals surface area contributed by atoms with E-state index in [9.17, 15) is 0 Å². The van der Waals surface area contributed by atoms with Crippen molar-refractivity contribution in [3.63, 3.8) is 0 Å². The van der Waals surface area contributed by atoms with Crippen molar-refractivity contribution in [3.8, 4) is 0 Å². The first-order valence-corrected chi connectivity index (χ1v) is 6.11. The van der Waals surface area contributed by atoms with E-state index in [1.807, 2.05) is 0 Å². The Hall–Kier alpha value is -0.0800. The fraction of sp³-hybridized carbons (Fsp3) is 1.00. The number of hydrogen-bond donors (Lipinski definition) is 1. The normalized spacial score (nSPS) is 33.4. The van der Waals surface area contributed by atoms with Crippen LogP contribution in [0.15, 0.2) is 0 Å². The van der Waals surface area contributed by atoms with Crippen LogP contribution in [0, 0.1) is 11.3 Å². The summed E-state index contributed by atoms with van der Waals surface area (Å²) in [5, 5.41) is 3.51. The summed E-state index contributed by atoms with van der Waals surface area (Å²) in [7, 11) is 0. The number of rotatable bonds is 2. The lowest BCUT2D eigenvalue weighted by molar-refractivity contribution is 0.184. The van der Waals surface area contributed by atoms with Crippen molar-refractivity contribution in [3.05, 3.63) is 0 Å². The minimum Gasteiger partial charge on any atom is -0.316 e. The maximum absolute atomic E-state index is 3.51. The molecule has 0 aromatic carbocycles. The Balaban J connectivity index is 1.81. The van der Waals surface area contributed by atoms with E-state index in [2.05, 4.69) is 24.1 Å². The molecule has 1 heterocycles. The molecule has 2 fully saturated rings. The highest BCUT2D eigenvalue weighted by molar-refractivity contribution is 4.91. The molecule has 2 aliphatic rings. The van der Waals surface area contributed by atoms with Crippen LogP contribution < -0.4 is 5.32 Å². The van der Waals surface area contributed by atoms with Crippen LogP contribution in [0.5, 0.6) is 0 Å². The van der Waals surface area contributed by atoms with Gasteiger partial charge in [0.1, 0.15) is 0 Å². The third-order valence-electron chi connectivity index (χ3n) is 3.60. The van der Waals surface area contributed by atoms with Gasteiger partial charge in [0.15, 0.2) is 0 Å². The van der Waals surface area contributed by atoms with E-state index in [-0.39, 0.29) is 0 Å². The molecule has 1 aliphatic carbocycles. The standard InChI is InChI=1S/C12H24N2/c1-11-8-13-6-3-7-14(9-11)10-12(2)4-5-12/h11,13H,3-10H2,1-2H3. The van der Waals surface area contributed by atoms with E-state index < -0.39 is 0 Å². The summed E-state index contributed by atoms with van der Waals surface area (Å²) in [6.45, 7) is 11.1. The molecule has 2 heteroatoms. The van der Waals surface area contributed by atoms with E-state index in [0.717, 1.165) is 5.92 Å². The van der Waals surface area contributed by atoms with Gasteiger partial charge < -0.3 is 10.2 Å². The molecule has 0 radical (unpaired) electrons. The van der Waals surface area contributed by atoms with Gasteiger partial charge in [-0.25, -0.2) is 0 Å². The van der Waals surface area contributed by atoms with Gasteiger partial charge in [0, 0.05) is 13.1 Å². The highest BCUT2D eigenvalue weighted by Crippen LogP contribution is 2.45. The van der Waals surface area contributed by atoms with E-state index in [1.54, 1.807) is 0 Å². The number of hydrogen-bond acceptors (Lipinski definition) is 2. The van der Waals surface area contributed by atoms with Crippen LogP contribution in [0.25, 0.3) is 0 Å². The van der Waals surface area contributed by atoms with Crippen molar-refractivity contribution in [1.29, 1.82) is 0 Å². The van der Waals surface area contributed by atoms with E-state index in [0.29, 0.717) is 5.41 Å². The van der Waals surface area contributed by atoms with Crippen molar-refractivity contribution >= 4 is 0 Å². The molecule has 0 aromatic heterocycles. The highest BCUT2D eigenvalue weighted by atomic mass is 15.1. The average Bonchev–Trinajstić information content (AvgIpc) is 2.79. The zero-order valence-corrected chi connectivity index (χ0v) is 9.68. The quantitative estimate of drug-likeness (QED) is 0.723. The molecule has 0 aromatic rings. The van der Waals surface area contributed by atoms with Crippen LogP contribution in [-0.2, 0) is 0 Å². The molecule has 1 aliphatic heterocycles. The fourth-order valence-corrected chi connectivity index (χ4v) is 2.43. The second-order valence-electron chi connectivity index (χ2n) is 5.71. The first-order valence-electron chi connectivity index (χ1n) is 6.11. The highest BCUT2D eigenvalue weighted by Gasteiger charge is 2.38. The molecular weight excluding hydrogens is 172 g/mol. The first-order chi connectivity index (χ1) is 6.68. The molecule has 1 unspecified atom stereocenters. The summed E-state index contributed by atoms with van der Waals surface area (Å²) in [5.74, 6) is 0.817. The van der Waals surface area contributed by atoms with Gasteiger partial charge in [0.05, 0.1) is 0 Å². The first kappa shape index (κ1) is 10.4. The molecule has 2 nitrogen and oxygen atoms in total. The second kappa shape index (κ2) is 4.19. The Kier molecular flexibility index (Phi) is 3.13. The predicted octanol–water partition coefficient (Wildman–Crippen LogP) is 1.72. The van der Waals surface area contributed by atoms with Gasteiger partial charge in [0.25, 0.3) is 0 Å². The summed E-state index contributed by atoms with van der Waals surface area (Å²) in [6.07, 6.45) is 4.23. The molecule has 1 saturated heterocycles. The van der Waals surface area contributed by atoms with Crippen molar-refractivity contribution in [2.45, 2.75) is 33.1 Å². The largest absolute Gasteiger partial charge is 0.316 e. The minimum atomic E-state index is 0.687. The van der Waals surface area contributed by atoms with Gasteiger partial charge in [-0.3, -0.25) is 0 Å². The van der Waals surface area contributed by atoms with E-state index in [4.69, 9.17) is 0 Å². The van der Waals surface area contributed by atoms with E-state index >= 15 is 0 Å². The fourth-order valence-electron chi connectivity index (χ4n) is 2.43. The molecular formula is C12H24N2. The SMILES string of the molecule is CC1CNCCCN(CC2(C)CC2)C1.